The predicted molar refractivity (Wildman–Crippen MR) is 652 cm³/mol. The summed E-state index contributed by atoms with van der Waals surface area (Å²) in [7, 11) is 0. The highest BCUT2D eigenvalue weighted by Gasteiger charge is 2.61. The topological polar surface area (TPSA) is 57.4 Å². The Bertz CT molecular complexity index is 6200. The molecule has 0 unspecified atom stereocenters. The maximum atomic E-state index is 5.97. The summed E-state index contributed by atoms with van der Waals surface area (Å²) >= 11 is 0. The average molecular weight is 2000 g/mol. The third kappa shape index (κ3) is 20.6. The number of nitrogens with one attached hydrogen (secondary N) is 2. The van der Waals surface area contributed by atoms with Crippen LogP contribution in [0.1, 0.15) is 558 Å². The fourth-order valence-corrected chi connectivity index (χ4v) is 31.7. The van der Waals surface area contributed by atoms with Gasteiger partial charge in [-0.05, 0) is 295 Å². The molecular weight excluding hydrogens is 1810 g/mol. The minimum absolute atomic E-state index is 0.114. The highest BCUT2D eigenvalue weighted by molar-refractivity contribution is 6.09. The summed E-state index contributed by atoms with van der Waals surface area (Å²) in [5.74, 6) is 0. The molecule has 4 heteroatoms. The molecule has 0 atom stereocenters. The number of H-pyrrole nitrogens is 2. The molecule has 0 saturated heterocycles. The van der Waals surface area contributed by atoms with Crippen LogP contribution in [-0.4, -0.2) is 19.9 Å². The van der Waals surface area contributed by atoms with E-state index in [9.17, 15) is 0 Å². The number of aromatic nitrogens is 4. The highest BCUT2D eigenvalue weighted by Crippen LogP contribution is 2.75. The molecule has 0 saturated carbocycles. The van der Waals surface area contributed by atoms with Gasteiger partial charge in [0.1, 0.15) is 0 Å². The lowest BCUT2D eigenvalue weighted by atomic mass is 9.63. The van der Waals surface area contributed by atoms with E-state index in [2.05, 4.69) is 287 Å². The Balaban J connectivity index is 0.839. The van der Waals surface area contributed by atoms with Crippen LogP contribution >= 0.6 is 0 Å². The molecule has 8 bridgehead atoms. The van der Waals surface area contributed by atoms with Crippen LogP contribution in [0, 0.1) is 0 Å². The highest BCUT2D eigenvalue weighted by atomic mass is 14.8. The predicted octanol–water partition coefficient (Wildman–Crippen LogP) is 45.2. The number of fused-ring (bicyclic) bond motifs is 32. The van der Waals surface area contributed by atoms with E-state index in [1.165, 1.54) is 393 Å². The van der Waals surface area contributed by atoms with Crippen LogP contribution in [0.3, 0.4) is 0 Å². The second-order valence-electron chi connectivity index (χ2n) is 48.6. The fraction of sp³-hybridized carbons (Fsp3) is 0.534. The van der Waals surface area contributed by atoms with E-state index >= 15 is 0 Å². The Morgan fingerprint density at radius 2 is 0.380 bits per heavy atom. The molecule has 794 valence electrons. The molecule has 8 aromatic carbocycles. The fourth-order valence-electron chi connectivity index (χ4n) is 31.7. The molecule has 8 aliphatic rings. The van der Waals surface area contributed by atoms with Gasteiger partial charge in [0.25, 0.3) is 0 Å². The van der Waals surface area contributed by atoms with Gasteiger partial charge in [0, 0.05) is 65.7 Å². The first kappa shape index (κ1) is 109. The molecule has 5 heterocycles. The van der Waals surface area contributed by atoms with Crippen molar-refractivity contribution in [2.75, 3.05) is 0 Å². The first-order valence-electron chi connectivity index (χ1n) is 63.2. The van der Waals surface area contributed by atoms with E-state index in [4.69, 9.17) is 9.97 Å². The molecule has 0 amide bonds. The SMILES string of the molecule is CCCCCCC1(CCCCCC)c2ccccc2-c2c1c1c(c3c2C(CCCCCC)(CCCCCC)c2cc(-c4c5nc(cc6ccc([nH]6)c(-c6ccc7c(c6)C(CCCCCC)(CCCCCC)c6c8c(c9c(c6-7)C(CCCCCC)(CCCCCC)c6ccccc6-9)C(CCCCCC)(CCCCCC)c6ccccc6-8)c6nc(cc7ccc4[nH]7)C=C6)C=C5)ccc2-3)C(CCCCCC)(CCCCCC)c2ccccc2-1. The monoisotopic (exact) mass is 2000 g/mol. The molecule has 19 rings (SSSR count). The summed E-state index contributed by atoms with van der Waals surface area (Å²) in [5, 5.41) is 0. The molecule has 0 radical (unpaired) electrons. The number of hydrogen-bond donors (Lipinski definition) is 2. The van der Waals surface area contributed by atoms with Crippen LogP contribution in [0.2, 0.25) is 0 Å². The summed E-state index contributed by atoms with van der Waals surface area (Å²) in [6.07, 6.45) is 83.9. The van der Waals surface area contributed by atoms with Crippen molar-refractivity contribution < 1.29 is 0 Å². The first-order chi connectivity index (χ1) is 73.9. The first-order valence-corrected chi connectivity index (χ1v) is 63.2. The number of nitrogens with zero attached hydrogens (tertiary/aromatic N) is 2. The number of unbranched alkanes of at least 4 members (excludes halogenated alkanes) is 36. The van der Waals surface area contributed by atoms with Gasteiger partial charge < -0.3 is 9.97 Å². The van der Waals surface area contributed by atoms with Gasteiger partial charge in [-0.3, -0.25) is 0 Å². The van der Waals surface area contributed by atoms with Crippen molar-refractivity contribution in [3.05, 3.63) is 259 Å². The van der Waals surface area contributed by atoms with Gasteiger partial charge in [0.2, 0.25) is 0 Å². The minimum Gasteiger partial charge on any atom is -0.355 e. The van der Waals surface area contributed by atoms with E-state index in [1.54, 1.807) is 122 Å². The van der Waals surface area contributed by atoms with Crippen molar-refractivity contribution in [2.45, 2.75) is 501 Å². The summed E-state index contributed by atoms with van der Waals surface area (Å²) in [5.41, 5.74) is 51.6. The zero-order chi connectivity index (χ0) is 104. The third-order valence-electron chi connectivity index (χ3n) is 38.8. The number of rotatable bonds is 62. The number of benzene rings is 8. The van der Waals surface area contributed by atoms with Crippen LogP contribution in [-0.2, 0) is 32.5 Å². The van der Waals surface area contributed by atoms with Crippen molar-refractivity contribution in [3.8, 4) is 89.0 Å². The summed E-state index contributed by atoms with van der Waals surface area (Å²) < 4.78 is 0. The van der Waals surface area contributed by atoms with Crippen LogP contribution in [0.4, 0.5) is 0 Å². The Morgan fingerprint density at radius 1 is 0.180 bits per heavy atom. The van der Waals surface area contributed by atoms with Crippen LogP contribution in [0.25, 0.3) is 135 Å². The molecule has 11 aromatic rings. The van der Waals surface area contributed by atoms with Crippen LogP contribution in [0.15, 0.2) is 170 Å². The lowest BCUT2D eigenvalue weighted by molar-refractivity contribution is 0.389. The van der Waals surface area contributed by atoms with Gasteiger partial charge in [0.05, 0.1) is 22.8 Å². The van der Waals surface area contributed by atoms with Gasteiger partial charge in [-0.15, -0.1) is 0 Å². The van der Waals surface area contributed by atoms with Gasteiger partial charge in [0.15, 0.2) is 0 Å². The average Bonchev–Trinajstić information content (AvgIpc) is 1.48. The standard InChI is InChI=1S/C146H190N4/c1-13-25-37-57-89-141(90-58-38-26-14-2)119-75-55-51-71-113(119)131-135(141)129-111-69-49-53-73-117(111)143(93-61-41-29-17-5,94-62-42-30-18-6)137(129)133-115-83-77-105(101-121(115)145(139(131)133,97-65-45-33-21-9)98-66-46-34-22-10)127-123-85-79-107(147-123)103-109-81-87-125(149-109)128(126-88-82-110(150-126)104-108-80-86-124(127)148-108)106-78-84-116-122(102-106)146(99-67-47-35-23-11,100-68-48-36-24-12)140-132-114-72-52-56-76-120(114)142(91-59-39-27-15-3,92-60-40-28-16-4)136(132)130-112-70-50-54-74-118(112)144(138(130)134(116)140,95-63-43-31-19-7)96-64-44-32-20-8/h49-56,69-88,101-104,147,150H,13-48,57-68,89-100H2,1-12H3. The molecule has 2 N–H and O–H groups in total. The molecule has 0 fully saturated rings. The van der Waals surface area contributed by atoms with Crippen LogP contribution in [0.5, 0.6) is 0 Å². The molecule has 0 spiro atoms. The number of hydrogen-bond acceptors (Lipinski definition) is 2. The molecule has 6 aliphatic carbocycles. The molecular formula is C146H190N4. The molecule has 4 nitrogen and oxygen atoms in total. The summed E-state index contributed by atoms with van der Waals surface area (Å²) in [4.78, 5) is 20.4. The van der Waals surface area contributed by atoms with E-state index in [0.717, 1.165) is 70.5 Å². The third-order valence-corrected chi connectivity index (χ3v) is 38.8. The molecule has 3 aromatic heterocycles. The van der Waals surface area contributed by atoms with Crippen molar-refractivity contribution in [1.29, 1.82) is 0 Å². The van der Waals surface area contributed by atoms with Gasteiger partial charge in [-0.25, -0.2) is 9.97 Å². The minimum atomic E-state index is -0.258. The number of aromatic amines is 2. The zero-order valence-electron chi connectivity index (χ0n) is 95.8. The summed E-state index contributed by atoms with van der Waals surface area (Å²) in [6, 6.07) is 71.5. The van der Waals surface area contributed by atoms with Gasteiger partial charge in [-0.2, -0.15) is 0 Å². The van der Waals surface area contributed by atoms with Crippen LogP contribution < -0.4 is 0 Å². The maximum Gasteiger partial charge on any atom is 0.0736 e. The Morgan fingerprint density at radius 3 is 0.593 bits per heavy atom. The van der Waals surface area contributed by atoms with E-state index in [-0.39, 0.29) is 32.5 Å². The van der Waals surface area contributed by atoms with E-state index < -0.39 is 0 Å². The second-order valence-corrected chi connectivity index (χ2v) is 48.6. The van der Waals surface area contributed by atoms with Crippen molar-refractivity contribution >= 4 is 46.4 Å². The molecule has 150 heavy (non-hydrogen) atoms. The largest absolute Gasteiger partial charge is 0.355 e. The Kier molecular flexibility index (Phi) is 36.4. The van der Waals surface area contributed by atoms with E-state index in [1.807, 2.05) is 0 Å². The lowest BCUT2D eigenvalue weighted by Gasteiger charge is -2.40. The van der Waals surface area contributed by atoms with E-state index in [0.29, 0.717) is 0 Å². The smallest absolute Gasteiger partial charge is 0.0736 e. The van der Waals surface area contributed by atoms with Crippen molar-refractivity contribution in [2.24, 2.45) is 0 Å². The Hall–Kier alpha value is -9.64. The zero-order valence-corrected chi connectivity index (χ0v) is 95.8. The van der Waals surface area contributed by atoms with Crippen molar-refractivity contribution in [1.82, 2.24) is 19.9 Å². The normalized spacial score (nSPS) is 15.3. The van der Waals surface area contributed by atoms with Gasteiger partial charge >= 0.3 is 0 Å². The quantitative estimate of drug-likeness (QED) is 0.0373. The maximum absolute atomic E-state index is 5.97. The van der Waals surface area contributed by atoms with Crippen molar-refractivity contribution in [3.63, 3.8) is 0 Å². The van der Waals surface area contributed by atoms with Gasteiger partial charge in [-0.1, -0.05) is 513 Å². The lowest BCUT2D eigenvalue weighted by Crippen LogP contribution is -2.31. The summed E-state index contributed by atoms with van der Waals surface area (Å²) in [6.45, 7) is 29.1. The second kappa shape index (κ2) is 50.3. The Labute approximate surface area is 909 Å². The molecule has 2 aliphatic heterocycles.